The van der Waals surface area contributed by atoms with E-state index in [0.717, 1.165) is 0 Å². The third-order valence-corrected chi connectivity index (χ3v) is 2.58. The predicted molar refractivity (Wildman–Crippen MR) is 68.7 cm³/mol. The van der Waals surface area contributed by atoms with Crippen molar-refractivity contribution in [1.29, 1.82) is 0 Å². The van der Waals surface area contributed by atoms with E-state index in [2.05, 4.69) is 10.1 Å². The normalized spacial score (nSPS) is 11.8. The molecule has 0 bridgehead atoms. The Morgan fingerprint density at radius 3 is 2.26 bits per heavy atom. The molecule has 0 fully saturated rings. The number of esters is 1. The summed E-state index contributed by atoms with van der Waals surface area (Å²) in [4.78, 5) is 35.4. The molecule has 0 saturated carbocycles. The summed E-state index contributed by atoms with van der Waals surface area (Å²) in [5.74, 6) is -1.64. The fraction of sp³-hybridized carbons (Fsp3) is 0.750. The summed E-state index contributed by atoms with van der Waals surface area (Å²) in [5.41, 5.74) is 0. The lowest BCUT2D eigenvalue weighted by molar-refractivity contribution is -0.141. The van der Waals surface area contributed by atoms with Crippen LogP contribution < -0.4 is 5.32 Å². The van der Waals surface area contributed by atoms with Crippen molar-refractivity contribution in [3.8, 4) is 0 Å². The summed E-state index contributed by atoms with van der Waals surface area (Å²) in [6.07, 6.45) is 0.973. The summed E-state index contributed by atoms with van der Waals surface area (Å²) in [6.45, 7) is 5.09. The van der Waals surface area contributed by atoms with Gasteiger partial charge in [0.1, 0.15) is 12.6 Å². The maximum Gasteiger partial charge on any atom is 0.326 e. The van der Waals surface area contributed by atoms with Crippen LogP contribution in [-0.2, 0) is 14.3 Å². The monoisotopic (exact) mass is 274 g/mol. The second-order valence-electron chi connectivity index (χ2n) is 4.43. The summed E-state index contributed by atoms with van der Waals surface area (Å²) in [7, 11) is 1.23. The van der Waals surface area contributed by atoms with Crippen molar-refractivity contribution < 1.29 is 24.2 Å². The molecule has 0 rings (SSSR count). The first kappa shape index (κ1) is 17.2. The summed E-state index contributed by atoms with van der Waals surface area (Å²) in [6, 6.07) is -1.77. The number of carbonyl (C=O) groups is 3. The molecule has 0 heterocycles. The van der Waals surface area contributed by atoms with E-state index >= 15 is 0 Å². The molecule has 2 N–H and O–H groups in total. The second kappa shape index (κ2) is 8.34. The number of urea groups is 1. The third-order valence-electron chi connectivity index (χ3n) is 2.58. The number of nitrogens with one attached hydrogen (secondary N) is 1. The van der Waals surface area contributed by atoms with Crippen LogP contribution in [0.2, 0.25) is 0 Å². The second-order valence-corrected chi connectivity index (χ2v) is 4.43. The molecule has 0 aliphatic heterocycles. The number of aliphatic carboxylic acids is 1. The lowest BCUT2D eigenvalue weighted by Crippen LogP contribution is -2.51. The minimum absolute atomic E-state index is 0.210. The number of hydrogen-bond acceptors (Lipinski definition) is 4. The van der Waals surface area contributed by atoms with Crippen LogP contribution in [0, 0.1) is 0 Å². The van der Waals surface area contributed by atoms with E-state index in [-0.39, 0.29) is 12.6 Å². The highest BCUT2D eigenvalue weighted by molar-refractivity contribution is 5.85. The van der Waals surface area contributed by atoms with E-state index < -0.39 is 24.0 Å². The van der Waals surface area contributed by atoms with Crippen molar-refractivity contribution in [2.75, 3.05) is 13.7 Å². The highest BCUT2D eigenvalue weighted by Gasteiger charge is 2.25. The van der Waals surface area contributed by atoms with Gasteiger partial charge in [0.2, 0.25) is 0 Å². The summed E-state index contributed by atoms with van der Waals surface area (Å²) < 4.78 is 4.50. The minimum Gasteiger partial charge on any atom is -0.480 e. The number of methoxy groups -OCH3 is 1. The summed E-state index contributed by atoms with van der Waals surface area (Å²) in [5, 5.41) is 11.4. The van der Waals surface area contributed by atoms with Crippen molar-refractivity contribution in [3.63, 3.8) is 0 Å². The largest absolute Gasteiger partial charge is 0.480 e. The van der Waals surface area contributed by atoms with E-state index in [1.54, 1.807) is 13.8 Å². The predicted octanol–water partition coefficient (Wildman–Crippen LogP) is 0.833. The Morgan fingerprint density at radius 1 is 1.32 bits per heavy atom. The number of rotatable bonds is 7. The topological polar surface area (TPSA) is 95.9 Å². The molecule has 7 heteroatoms. The van der Waals surface area contributed by atoms with Crippen LogP contribution >= 0.6 is 0 Å². The number of ether oxygens (including phenoxy) is 1. The number of carbonyl (C=O) groups excluding carboxylic acids is 2. The lowest BCUT2D eigenvalue weighted by atomic mass is 10.2. The molecule has 0 aromatic carbocycles. The van der Waals surface area contributed by atoms with E-state index in [1.165, 1.54) is 12.0 Å². The van der Waals surface area contributed by atoms with Crippen LogP contribution in [0.25, 0.3) is 0 Å². The minimum atomic E-state index is -1.09. The van der Waals surface area contributed by atoms with Gasteiger partial charge in [-0.15, -0.1) is 0 Å². The first-order valence-corrected chi connectivity index (χ1v) is 6.20. The Balaban J connectivity index is 4.71. The van der Waals surface area contributed by atoms with Gasteiger partial charge in [-0.1, -0.05) is 13.3 Å². The van der Waals surface area contributed by atoms with Gasteiger partial charge < -0.3 is 20.1 Å². The average molecular weight is 274 g/mol. The fourth-order valence-corrected chi connectivity index (χ4v) is 1.47. The quantitative estimate of drug-likeness (QED) is 0.670. The molecule has 0 radical (unpaired) electrons. The number of nitrogens with zero attached hydrogens (tertiary/aromatic N) is 1. The average Bonchev–Trinajstić information content (AvgIpc) is 2.34. The van der Waals surface area contributed by atoms with Crippen LogP contribution in [0.15, 0.2) is 0 Å². The number of amides is 2. The Labute approximate surface area is 112 Å². The van der Waals surface area contributed by atoms with Crippen LogP contribution in [0.1, 0.15) is 33.6 Å². The molecular weight excluding hydrogens is 252 g/mol. The van der Waals surface area contributed by atoms with Gasteiger partial charge in [0.25, 0.3) is 0 Å². The van der Waals surface area contributed by atoms with Crippen LogP contribution in [0.4, 0.5) is 4.79 Å². The van der Waals surface area contributed by atoms with Crippen molar-refractivity contribution in [2.45, 2.75) is 45.7 Å². The fourth-order valence-electron chi connectivity index (χ4n) is 1.47. The molecule has 0 aliphatic carbocycles. The van der Waals surface area contributed by atoms with E-state index in [4.69, 9.17) is 5.11 Å². The molecule has 1 atom stereocenters. The zero-order chi connectivity index (χ0) is 15.0. The van der Waals surface area contributed by atoms with E-state index in [1.807, 2.05) is 6.92 Å². The molecular formula is C12H22N2O5. The molecule has 0 unspecified atom stereocenters. The van der Waals surface area contributed by atoms with Gasteiger partial charge in [0.15, 0.2) is 0 Å². The Kier molecular flexibility index (Phi) is 7.55. The highest BCUT2D eigenvalue weighted by Crippen LogP contribution is 2.03. The lowest BCUT2D eigenvalue weighted by Gasteiger charge is -2.27. The van der Waals surface area contributed by atoms with Gasteiger partial charge in [-0.05, 0) is 20.3 Å². The number of hydrogen-bond donors (Lipinski definition) is 2. The Morgan fingerprint density at radius 2 is 1.89 bits per heavy atom. The van der Waals surface area contributed by atoms with Crippen LogP contribution in [0.3, 0.4) is 0 Å². The molecule has 2 amide bonds. The molecule has 0 saturated heterocycles. The van der Waals surface area contributed by atoms with Crippen LogP contribution in [-0.4, -0.2) is 53.7 Å². The van der Waals surface area contributed by atoms with Gasteiger partial charge in [-0.3, -0.25) is 4.79 Å². The molecule has 0 aromatic heterocycles. The van der Waals surface area contributed by atoms with Gasteiger partial charge in [0.05, 0.1) is 7.11 Å². The zero-order valence-corrected chi connectivity index (χ0v) is 11.8. The van der Waals surface area contributed by atoms with Gasteiger partial charge >= 0.3 is 18.0 Å². The molecule has 0 aromatic rings. The molecule has 7 nitrogen and oxygen atoms in total. The SMILES string of the molecule is CCC[C@H](NC(=O)N(CC(=O)OC)C(C)C)C(=O)O. The maximum absolute atomic E-state index is 12.0. The van der Waals surface area contributed by atoms with E-state index in [9.17, 15) is 14.4 Å². The molecule has 110 valence electrons. The van der Waals surface area contributed by atoms with E-state index in [0.29, 0.717) is 12.8 Å². The smallest absolute Gasteiger partial charge is 0.326 e. The Hall–Kier alpha value is -1.79. The highest BCUT2D eigenvalue weighted by atomic mass is 16.5. The van der Waals surface area contributed by atoms with Crippen molar-refractivity contribution in [1.82, 2.24) is 10.2 Å². The van der Waals surface area contributed by atoms with Crippen molar-refractivity contribution in [2.24, 2.45) is 0 Å². The van der Waals surface area contributed by atoms with Crippen LogP contribution in [0.5, 0.6) is 0 Å². The third kappa shape index (κ3) is 6.08. The molecule has 0 aliphatic rings. The standard InChI is InChI=1S/C12H22N2O5/c1-5-6-9(11(16)17)13-12(18)14(8(2)3)7-10(15)19-4/h8-9H,5-7H2,1-4H3,(H,13,18)(H,16,17)/t9-/m0/s1. The first-order chi connectivity index (χ1) is 8.83. The van der Waals surface area contributed by atoms with Crippen molar-refractivity contribution in [3.05, 3.63) is 0 Å². The van der Waals surface area contributed by atoms with Gasteiger partial charge in [-0.2, -0.15) is 0 Å². The van der Waals surface area contributed by atoms with Gasteiger partial charge in [0, 0.05) is 6.04 Å². The summed E-state index contributed by atoms with van der Waals surface area (Å²) >= 11 is 0. The molecule has 0 spiro atoms. The van der Waals surface area contributed by atoms with Crippen molar-refractivity contribution >= 4 is 18.0 Å². The van der Waals surface area contributed by atoms with Gasteiger partial charge in [-0.25, -0.2) is 9.59 Å². The number of carboxylic acids is 1. The Bertz CT molecular complexity index is 330. The first-order valence-electron chi connectivity index (χ1n) is 6.20. The number of carboxylic acid groups (broad SMARTS) is 1. The zero-order valence-electron chi connectivity index (χ0n) is 11.8. The molecule has 19 heavy (non-hydrogen) atoms. The maximum atomic E-state index is 12.0.